The summed E-state index contributed by atoms with van der Waals surface area (Å²) in [6.45, 7) is 3.11. The van der Waals surface area contributed by atoms with Gasteiger partial charge < -0.3 is 10.3 Å². The molecule has 4 rings (SSSR count). The Morgan fingerprint density at radius 1 is 1.36 bits per heavy atom. The van der Waals surface area contributed by atoms with Gasteiger partial charge >= 0.3 is 0 Å². The number of H-pyrrole nitrogens is 1. The predicted molar refractivity (Wildman–Crippen MR) is 93.7 cm³/mol. The molecular formula is C19H27N5O. The van der Waals surface area contributed by atoms with Gasteiger partial charge in [0.05, 0.1) is 24.3 Å². The summed E-state index contributed by atoms with van der Waals surface area (Å²) in [5.41, 5.74) is 1.81. The van der Waals surface area contributed by atoms with Crippen molar-refractivity contribution in [3.8, 4) is 6.07 Å². The van der Waals surface area contributed by atoms with Crippen molar-refractivity contribution >= 4 is 5.91 Å². The second-order valence-electron chi connectivity index (χ2n) is 8.02. The van der Waals surface area contributed by atoms with E-state index in [1.807, 2.05) is 6.92 Å². The minimum atomic E-state index is -0.712. The van der Waals surface area contributed by atoms with Crippen LogP contribution in [0.15, 0.2) is 0 Å². The van der Waals surface area contributed by atoms with Crippen molar-refractivity contribution in [1.82, 2.24) is 20.2 Å². The highest BCUT2D eigenvalue weighted by Crippen LogP contribution is 2.39. The molecule has 0 unspecified atom stereocenters. The van der Waals surface area contributed by atoms with E-state index in [1.165, 1.54) is 24.2 Å². The van der Waals surface area contributed by atoms with Crippen molar-refractivity contribution in [3.05, 3.63) is 17.2 Å². The molecule has 1 saturated heterocycles. The number of aromatic nitrogens is 2. The van der Waals surface area contributed by atoms with E-state index in [0.29, 0.717) is 12.5 Å². The SMILES string of the molecule is C[C@](C#N)(NC(=O)CN1CCC[C@H]1c1nc2c([nH]1)CCCC2)C1CC1. The molecule has 1 amide bonds. The lowest BCUT2D eigenvalue weighted by atomic mass is 9.98. The highest BCUT2D eigenvalue weighted by atomic mass is 16.2. The molecular weight excluding hydrogens is 314 g/mol. The molecule has 0 radical (unpaired) electrons. The van der Waals surface area contributed by atoms with E-state index in [9.17, 15) is 10.1 Å². The van der Waals surface area contributed by atoms with E-state index >= 15 is 0 Å². The van der Waals surface area contributed by atoms with Crippen molar-refractivity contribution in [2.45, 2.75) is 69.9 Å². The number of nitrogens with zero attached hydrogens (tertiary/aromatic N) is 3. The molecule has 3 aliphatic rings. The first-order chi connectivity index (χ1) is 12.1. The van der Waals surface area contributed by atoms with E-state index < -0.39 is 5.54 Å². The number of carbonyl (C=O) groups excluding carboxylic acids is 1. The molecule has 134 valence electrons. The first-order valence-electron chi connectivity index (χ1n) is 9.63. The number of aromatic amines is 1. The summed E-state index contributed by atoms with van der Waals surface area (Å²) in [5.74, 6) is 1.30. The van der Waals surface area contributed by atoms with Crippen LogP contribution >= 0.6 is 0 Å². The van der Waals surface area contributed by atoms with Crippen molar-refractivity contribution in [1.29, 1.82) is 5.26 Å². The number of amides is 1. The summed E-state index contributed by atoms with van der Waals surface area (Å²) in [6.07, 6.45) is 8.82. The number of aryl methyl sites for hydroxylation is 2. The molecule has 1 aliphatic heterocycles. The smallest absolute Gasteiger partial charge is 0.235 e. The molecule has 25 heavy (non-hydrogen) atoms. The minimum absolute atomic E-state index is 0.0424. The lowest BCUT2D eigenvalue weighted by Crippen LogP contribution is -2.50. The van der Waals surface area contributed by atoms with Gasteiger partial charge in [0.2, 0.25) is 5.91 Å². The molecule has 2 heterocycles. The minimum Gasteiger partial charge on any atom is -0.344 e. The highest BCUT2D eigenvalue weighted by molar-refractivity contribution is 5.79. The zero-order valence-corrected chi connectivity index (χ0v) is 15.0. The summed E-state index contributed by atoms with van der Waals surface area (Å²) in [5, 5.41) is 12.4. The van der Waals surface area contributed by atoms with E-state index in [-0.39, 0.29) is 11.9 Å². The van der Waals surface area contributed by atoms with Crippen molar-refractivity contribution in [3.63, 3.8) is 0 Å². The van der Waals surface area contributed by atoms with Gasteiger partial charge in [0.1, 0.15) is 11.4 Å². The van der Waals surface area contributed by atoms with E-state index in [4.69, 9.17) is 4.98 Å². The van der Waals surface area contributed by atoms with Crippen LogP contribution in [0.1, 0.15) is 68.7 Å². The Morgan fingerprint density at radius 2 is 2.16 bits per heavy atom. The Bertz CT molecular complexity index is 678. The van der Waals surface area contributed by atoms with E-state index in [1.54, 1.807) is 0 Å². The zero-order valence-electron chi connectivity index (χ0n) is 15.0. The number of nitriles is 1. The van der Waals surface area contributed by atoms with Crippen molar-refractivity contribution < 1.29 is 4.79 Å². The van der Waals surface area contributed by atoms with Crippen molar-refractivity contribution in [2.75, 3.05) is 13.1 Å². The molecule has 0 spiro atoms. The monoisotopic (exact) mass is 341 g/mol. The van der Waals surface area contributed by atoms with Gasteiger partial charge in [0, 0.05) is 5.69 Å². The molecule has 2 N–H and O–H groups in total. The standard InChI is InChI=1S/C19H27N5O/c1-19(12-20,13-8-9-13)23-17(25)11-24-10-4-7-16(24)18-21-14-5-2-3-6-15(14)22-18/h13,16H,2-11H2,1H3,(H,21,22)(H,23,25)/t16-,19+/m0/s1. The van der Waals surface area contributed by atoms with Crippen LogP contribution in [0.4, 0.5) is 0 Å². The fourth-order valence-corrected chi connectivity index (χ4v) is 4.35. The van der Waals surface area contributed by atoms with Crippen LogP contribution in [0.5, 0.6) is 0 Å². The quantitative estimate of drug-likeness (QED) is 0.860. The van der Waals surface area contributed by atoms with Crippen LogP contribution in [-0.4, -0.2) is 39.4 Å². The first kappa shape index (κ1) is 16.6. The van der Waals surface area contributed by atoms with Crippen LogP contribution in [0, 0.1) is 17.2 Å². The first-order valence-corrected chi connectivity index (χ1v) is 9.63. The van der Waals surface area contributed by atoms with Gasteiger partial charge in [-0.1, -0.05) is 0 Å². The number of carbonyl (C=O) groups is 1. The molecule has 6 nitrogen and oxygen atoms in total. The molecule has 6 heteroatoms. The second kappa shape index (κ2) is 6.45. The Balaban J connectivity index is 1.42. The molecule has 2 atom stereocenters. The van der Waals surface area contributed by atoms with Gasteiger partial charge in [-0.2, -0.15) is 5.26 Å². The molecule has 2 fully saturated rings. The molecule has 1 aromatic heterocycles. The third-order valence-electron chi connectivity index (χ3n) is 6.02. The Labute approximate surface area is 149 Å². The molecule has 1 aromatic rings. The number of nitrogens with one attached hydrogen (secondary N) is 2. The number of hydrogen-bond acceptors (Lipinski definition) is 4. The topological polar surface area (TPSA) is 84.8 Å². The summed E-state index contributed by atoms with van der Waals surface area (Å²) >= 11 is 0. The lowest BCUT2D eigenvalue weighted by Gasteiger charge is -2.27. The normalized spacial score (nSPS) is 25.8. The average molecular weight is 341 g/mol. The maximum Gasteiger partial charge on any atom is 0.235 e. The summed E-state index contributed by atoms with van der Waals surface area (Å²) < 4.78 is 0. The maximum atomic E-state index is 12.5. The maximum absolute atomic E-state index is 12.5. The number of likely N-dealkylation sites (tertiary alicyclic amines) is 1. The number of fused-ring (bicyclic) bond motifs is 1. The summed E-state index contributed by atoms with van der Waals surface area (Å²) in [7, 11) is 0. The Hall–Kier alpha value is -1.87. The summed E-state index contributed by atoms with van der Waals surface area (Å²) in [6, 6.07) is 2.50. The molecule has 1 saturated carbocycles. The van der Waals surface area contributed by atoms with E-state index in [2.05, 4.69) is 21.3 Å². The number of hydrogen-bond donors (Lipinski definition) is 2. The highest BCUT2D eigenvalue weighted by Gasteiger charge is 2.43. The van der Waals surface area contributed by atoms with Gasteiger partial charge in [-0.05, 0) is 70.8 Å². The third-order valence-corrected chi connectivity index (χ3v) is 6.02. The number of rotatable bonds is 5. The van der Waals surface area contributed by atoms with Crippen LogP contribution in [0.2, 0.25) is 0 Å². The predicted octanol–water partition coefficient (Wildman–Crippen LogP) is 2.23. The Morgan fingerprint density at radius 3 is 2.88 bits per heavy atom. The van der Waals surface area contributed by atoms with Crippen LogP contribution in [0.25, 0.3) is 0 Å². The average Bonchev–Trinajstić information content (AvgIpc) is 3.23. The van der Waals surface area contributed by atoms with Gasteiger partial charge in [-0.25, -0.2) is 4.98 Å². The zero-order chi connectivity index (χ0) is 17.4. The number of imidazole rings is 1. The van der Waals surface area contributed by atoms with Crippen LogP contribution in [-0.2, 0) is 17.6 Å². The van der Waals surface area contributed by atoms with Gasteiger partial charge in [-0.15, -0.1) is 0 Å². The van der Waals surface area contributed by atoms with Gasteiger partial charge in [0.15, 0.2) is 0 Å². The largest absolute Gasteiger partial charge is 0.344 e. The summed E-state index contributed by atoms with van der Waals surface area (Å²) in [4.78, 5) is 23.1. The molecule has 0 aromatic carbocycles. The fourth-order valence-electron chi connectivity index (χ4n) is 4.35. The van der Waals surface area contributed by atoms with Gasteiger partial charge in [-0.3, -0.25) is 9.69 Å². The Kier molecular flexibility index (Phi) is 4.28. The van der Waals surface area contributed by atoms with Crippen LogP contribution < -0.4 is 5.32 Å². The molecule has 0 bridgehead atoms. The molecule has 2 aliphatic carbocycles. The lowest BCUT2D eigenvalue weighted by molar-refractivity contribution is -0.123. The van der Waals surface area contributed by atoms with Crippen LogP contribution in [0.3, 0.4) is 0 Å². The van der Waals surface area contributed by atoms with Gasteiger partial charge in [0.25, 0.3) is 0 Å². The fraction of sp³-hybridized carbons (Fsp3) is 0.737. The van der Waals surface area contributed by atoms with Crippen molar-refractivity contribution in [2.24, 2.45) is 5.92 Å². The second-order valence-corrected chi connectivity index (χ2v) is 8.02. The van der Waals surface area contributed by atoms with E-state index in [0.717, 1.165) is 50.9 Å². The third kappa shape index (κ3) is 3.30.